The van der Waals surface area contributed by atoms with Gasteiger partial charge in [0.05, 0.1) is 7.11 Å². The molecule has 0 heterocycles. The molecule has 0 spiro atoms. The maximum Gasteiger partial charge on any atom is 0.118 e. The van der Waals surface area contributed by atoms with Gasteiger partial charge in [0.15, 0.2) is 0 Å². The van der Waals surface area contributed by atoms with Crippen LogP contribution in [0.1, 0.15) is 94.6 Å². The van der Waals surface area contributed by atoms with Crippen LogP contribution in [0.3, 0.4) is 0 Å². The third-order valence-electron chi connectivity index (χ3n) is 5.57. The molecule has 0 aromatic heterocycles. The quantitative estimate of drug-likeness (QED) is 0.307. The van der Waals surface area contributed by atoms with E-state index in [1.54, 1.807) is 7.11 Å². The monoisotopic (exact) mass is 366 g/mol. The molecule has 0 bridgehead atoms. The van der Waals surface area contributed by atoms with Gasteiger partial charge in [0.1, 0.15) is 5.75 Å². The third-order valence-corrected chi connectivity index (χ3v) is 5.57. The second-order valence-electron chi connectivity index (χ2n) is 7.71. The van der Waals surface area contributed by atoms with Gasteiger partial charge in [-0.25, -0.2) is 0 Å². The van der Waals surface area contributed by atoms with Crippen LogP contribution in [-0.4, -0.2) is 7.11 Å². The molecule has 0 amide bonds. The molecule has 1 heteroatoms. The van der Waals surface area contributed by atoms with Crippen molar-refractivity contribution in [1.82, 2.24) is 0 Å². The summed E-state index contributed by atoms with van der Waals surface area (Å²) in [5.41, 5.74) is 2.83. The zero-order chi connectivity index (χ0) is 19.2. The zero-order valence-electron chi connectivity index (χ0n) is 17.5. The van der Waals surface area contributed by atoms with Gasteiger partial charge in [-0.3, -0.25) is 0 Å². The van der Waals surface area contributed by atoms with Gasteiger partial charge in [0.25, 0.3) is 0 Å². The lowest BCUT2D eigenvalue weighted by Crippen LogP contribution is -2.01. The molecule has 0 saturated heterocycles. The van der Waals surface area contributed by atoms with Crippen LogP contribution in [-0.2, 0) is 0 Å². The Balaban J connectivity index is 1.76. The van der Waals surface area contributed by atoms with Gasteiger partial charge in [0, 0.05) is 5.92 Å². The van der Waals surface area contributed by atoms with Crippen LogP contribution in [0, 0.1) is 0 Å². The second kappa shape index (κ2) is 13.4. The predicted octanol–water partition coefficient (Wildman–Crippen LogP) is 8.14. The molecule has 0 aliphatic rings. The van der Waals surface area contributed by atoms with Crippen molar-refractivity contribution in [2.75, 3.05) is 7.11 Å². The van der Waals surface area contributed by atoms with E-state index in [2.05, 4.69) is 61.5 Å². The number of benzene rings is 2. The number of rotatable bonds is 14. The highest BCUT2D eigenvalue weighted by Crippen LogP contribution is 2.31. The van der Waals surface area contributed by atoms with Gasteiger partial charge >= 0.3 is 0 Å². The summed E-state index contributed by atoms with van der Waals surface area (Å²) in [6.45, 7) is 2.29. The fourth-order valence-corrected chi connectivity index (χ4v) is 3.88. The van der Waals surface area contributed by atoms with Crippen LogP contribution < -0.4 is 4.74 Å². The fraction of sp³-hybridized carbons (Fsp3) is 0.538. The number of unbranched alkanes of at least 4 members (excludes halogenated alkanes) is 9. The Bertz CT molecular complexity index is 587. The predicted molar refractivity (Wildman–Crippen MR) is 118 cm³/mol. The van der Waals surface area contributed by atoms with Crippen molar-refractivity contribution < 1.29 is 4.74 Å². The molecular weight excluding hydrogens is 328 g/mol. The first kappa shape index (κ1) is 21.5. The van der Waals surface area contributed by atoms with Crippen molar-refractivity contribution in [3.8, 4) is 5.75 Å². The molecule has 27 heavy (non-hydrogen) atoms. The van der Waals surface area contributed by atoms with Gasteiger partial charge in [-0.05, 0) is 29.7 Å². The highest BCUT2D eigenvalue weighted by atomic mass is 16.5. The normalized spacial score (nSPS) is 12.1. The summed E-state index contributed by atoms with van der Waals surface area (Å²) in [6, 6.07) is 19.6. The minimum atomic E-state index is 0.492. The summed E-state index contributed by atoms with van der Waals surface area (Å²) in [6.07, 6.45) is 15.1. The molecule has 2 aromatic carbocycles. The summed E-state index contributed by atoms with van der Waals surface area (Å²) in [4.78, 5) is 0. The first-order valence-corrected chi connectivity index (χ1v) is 11.0. The molecule has 0 aliphatic heterocycles. The van der Waals surface area contributed by atoms with Crippen molar-refractivity contribution in [3.63, 3.8) is 0 Å². The lowest BCUT2D eigenvalue weighted by Gasteiger charge is -2.18. The van der Waals surface area contributed by atoms with E-state index in [0.29, 0.717) is 5.92 Å². The Morgan fingerprint density at radius 1 is 0.630 bits per heavy atom. The van der Waals surface area contributed by atoms with Crippen molar-refractivity contribution in [2.45, 2.75) is 83.5 Å². The number of hydrogen-bond donors (Lipinski definition) is 0. The van der Waals surface area contributed by atoms with E-state index >= 15 is 0 Å². The average molecular weight is 367 g/mol. The Morgan fingerprint density at radius 2 is 1.15 bits per heavy atom. The summed E-state index contributed by atoms with van der Waals surface area (Å²) in [7, 11) is 1.73. The van der Waals surface area contributed by atoms with Crippen LogP contribution in [0.4, 0.5) is 0 Å². The fourth-order valence-electron chi connectivity index (χ4n) is 3.88. The van der Waals surface area contributed by atoms with E-state index in [1.165, 1.54) is 81.8 Å². The van der Waals surface area contributed by atoms with Gasteiger partial charge < -0.3 is 4.74 Å². The summed E-state index contributed by atoms with van der Waals surface area (Å²) >= 11 is 0. The summed E-state index contributed by atoms with van der Waals surface area (Å²) in [5, 5.41) is 0. The first-order chi connectivity index (χ1) is 13.3. The van der Waals surface area contributed by atoms with Gasteiger partial charge in [-0.15, -0.1) is 0 Å². The molecule has 1 unspecified atom stereocenters. The number of hydrogen-bond acceptors (Lipinski definition) is 1. The topological polar surface area (TPSA) is 9.23 Å². The Morgan fingerprint density at radius 3 is 1.70 bits per heavy atom. The van der Waals surface area contributed by atoms with E-state index in [-0.39, 0.29) is 0 Å². The van der Waals surface area contributed by atoms with Crippen LogP contribution in [0.5, 0.6) is 5.75 Å². The highest BCUT2D eigenvalue weighted by molar-refractivity contribution is 5.35. The lowest BCUT2D eigenvalue weighted by atomic mass is 9.86. The largest absolute Gasteiger partial charge is 0.497 e. The first-order valence-electron chi connectivity index (χ1n) is 11.0. The number of methoxy groups -OCH3 is 1. The SMILES string of the molecule is CCCCCCCCCCCCC(c1ccccc1)c1ccc(OC)cc1. The summed E-state index contributed by atoms with van der Waals surface area (Å²) < 4.78 is 5.32. The molecule has 1 atom stereocenters. The molecule has 148 valence electrons. The molecule has 0 N–H and O–H groups in total. The molecule has 0 radical (unpaired) electrons. The van der Waals surface area contributed by atoms with Crippen LogP contribution in [0.2, 0.25) is 0 Å². The zero-order valence-corrected chi connectivity index (χ0v) is 17.5. The van der Waals surface area contributed by atoms with E-state index < -0.39 is 0 Å². The second-order valence-corrected chi connectivity index (χ2v) is 7.71. The van der Waals surface area contributed by atoms with E-state index in [1.807, 2.05) is 0 Å². The minimum absolute atomic E-state index is 0.492. The molecule has 1 nitrogen and oxygen atoms in total. The lowest BCUT2D eigenvalue weighted by molar-refractivity contribution is 0.414. The molecular formula is C26H38O. The van der Waals surface area contributed by atoms with Gasteiger partial charge in [-0.2, -0.15) is 0 Å². The third kappa shape index (κ3) is 8.20. The van der Waals surface area contributed by atoms with Gasteiger partial charge in [-0.1, -0.05) is 114 Å². The van der Waals surface area contributed by atoms with Crippen LogP contribution >= 0.6 is 0 Å². The summed E-state index contributed by atoms with van der Waals surface area (Å²) in [5.74, 6) is 1.43. The smallest absolute Gasteiger partial charge is 0.118 e. The molecule has 2 aromatic rings. The molecule has 2 rings (SSSR count). The average Bonchev–Trinajstić information content (AvgIpc) is 2.73. The van der Waals surface area contributed by atoms with Gasteiger partial charge in [0.2, 0.25) is 0 Å². The highest BCUT2D eigenvalue weighted by Gasteiger charge is 2.13. The Hall–Kier alpha value is -1.76. The van der Waals surface area contributed by atoms with E-state index in [9.17, 15) is 0 Å². The van der Waals surface area contributed by atoms with E-state index in [0.717, 1.165) is 5.75 Å². The minimum Gasteiger partial charge on any atom is -0.497 e. The molecule has 0 fully saturated rings. The van der Waals surface area contributed by atoms with Crippen molar-refractivity contribution in [2.24, 2.45) is 0 Å². The van der Waals surface area contributed by atoms with Crippen molar-refractivity contribution in [1.29, 1.82) is 0 Å². The van der Waals surface area contributed by atoms with Crippen molar-refractivity contribution in [3.05, 3.63) is 65.7 Å². The van der Waals surface area contributed by atoms with Crippen molar-refractivity contribution >= 4 is 0 Å². The maximum atomic E-state index is 5.32. The standard InChI is InChI=1S/C26H38O/c1-3-4-5-6-7-8-9-10-11-15-18-26(23-16-13-12-14-17-23)24-19-21-25(27-2)22-20-24/h12-14,16-17,19-22,26H,3-11,15,18H2,1-2H3. The van der Waals surface area contributed by atoms with Crippen LogP contribution in [0.15, 0.2) is 54.6 Å². The maximum absolute atomic E-state index is 5.32. The Kier molecular flexibility index (Phi) is 10.7. The number of ether oxygens (including phenoxy) is 1. The van der Waals surface area contributed by atoms with E-state index in [4.69, 9.17) is 4.74 Å². The Labute approximate surface area is 167 Å². The van der Waals surface area contributed by atoms with Crippen LogP contribution in [0.25, 0.3) is 0 Å². The molecule has 0 saturated carbocycles. The molecule has 0 aliphatic carbocycles.